The number of fused-ring (bicyclic) bond motifs is 1. The third-order valence-electron chi connectivity index (χ3n) is 5.46. The highest BCUT2D eigenvalue weighted by Crippen LogP contribution is 2.40. The molecule has 33 heavy (non-hydrogen) atoms. The molecular weight excluding hydrogens is 440 g/mol. The van der Waals surface area contributed by atoms with Gasteiger partial charge in [-0.1, -0.05) is 24.3 Å². The van der Waals surface area contributed by atoms with E-state index in [0.29, 0.717) is 22.1 Å². The number of aromatic nitrogens is 1. The van der Waals surface area contributed by atoms with Gasteiger partial charge in [-0.25, -0.2) is 9.78 Å². The topological polar surface area (TPSA) is 90.7 Å². The van der Waals surface area contributed by atoms with E-state index in [9.17, 15) is 9.59 Å². The maximum Gasteiger partial charge on any atom is 0.342 e. The number of hydrogen-bond acceptors (Lipinski definition) is 7. The zero-order chi connectivity index (χ0) is 23.7. The number of nitrogens with one attached hydrogen (secondary N) is 1. The molecule has 170 valence electrons. The lowest BCUT2D eigenvalue weighted by molar-refractivity contribution is -0.118. The van der Waals surface area contributed by atoms with Crippen LogP contribution in [0, 0.1) is 27.7 Å². The molecule has 0 spiro atoms. The second-order valence-corrected chi connectivity index (χ2v) is 8.74. The molecule has 0 radical (unpaired) electrons. The van der Waals surface area contributed by atoms with Gasteiger partial charge in [-0.2, -0.15) is 0 Å². The summed E-state index contributed by atoms with van der Waals surface area (Å²) in [6.07, 6.45) is 0. The van der Waals surface area contributed by atoms with E-state index in [4.69, 9.17) is 13.9 Å². The third kappa shape index (κ3) is 4.34. The fourth-order valence-corrected chi connectivity index (χ4v) is 4.63. The van der Waals surface area contributed by atoms with Crippen molar-refractivity contribution in [3.63, 3.8) is 0 Å². The first-order chi connectivity index (χ1) is 15.8. The number of methoxy groups -OCH3 is 1. The van der Waals surface area contributed by atoms with Gasteiger partial charge >= 0.3 is 5.97 Å². The van der Waals surface area contributed by atoms with Crippen molar-refractivity contribution in [2.75, 3.05) is 19.0 Å². The first-order valence-electron chi connectivity index (χ1n) is 10.4. The van der Waals surface area contributed by atoms with Crippen LogP contribution in [-0.4, -0.2) is 30.6 Å². The van der Waals surface area contributed by atoms with E-state index in [1.54, 1.807) is 6.92 Å². The third-order valence-corrected chi connectivity index (χ3v) is 6.51. The highest BCUT2D eigenvalue weighted by atomic mass is 32.1. The summed E-state index contributed by atoms with van der Waals surface area (Å²) in [7, 11) is 1.30. The predicted octanol–water partition coefficient (Wildman–Crippen LogP) is 5.59. The molecule has 1 N–H and O–H groups in total. The number of anilines is 1. The number of benzene rings is 2. The summed E-state index contributed by atoms with van der Waals surface area (Å²) >= 11 is 1.40. The van der Waals surface area contributed by atoms with Crippen molar-refractivity contribution in [3.05, 3.63) is 64.4 Å². The van der Waals surface area contributed by atoms with Crippen LogP contribution in [0.5, 0.6) is 5.75 Å². The average Bonchev–Trinajstić information content (AvgIpc) is 3.36. The van der Waals surface area contributed by atoms with Crippen LogP contribution in [-0.2, 0) is 9.53 Å². The largest absolute Gasteiger partial charge is 0.483 e. The summed E-state index contributed by atoms with van der Waals surface area (Å²) in [5.74, 6) is 0.175. The smallest absolute Gasteiger partial charge is 0.342 e. The zero-order valence-electron chi connectivity index (χ0n) is 19.1. The van der Waals surface area contributed by atoms with E-state index < -0.39 is 11.9 Å². The van der Waals surface area contributed by atoms with Crippen LogP contribution in [0.25, 0.3) is 20.8 Å². The zero-order valence-corrected chi connectivity index (χ0v) is 19.9. The number of para-hydroxylation sites is 1. The Morgan fingerprint density at radius 2 is 1.79 bits per heavy atom. The summed E-state index contributed by atoms with van der Waals surface area (Å²) in [6, 6.07) is 11.6. The molecule has 0 bridgehead atoms. The summed E-state index contributed by atoms with van der Waals surface area (Å²) in [4.78, 5) is 29.9. The first kappa shape index (κ1) is 22.5. The molecule has 0 fully saturated rings. The second kappa shape index (κ2) is 9.07. The number of thiazole rings is 1. The average molecular weight is 465 g/mol. The number of esters is 1. The lowest BCUT2D eigenvalue weighted by atomic mass is 10.1. The SMILES string of the molecule is COC(=O)c1c(C)oc(NC(=O)COc2c(C)ccc(C)c2C)c1-c1nc2ccccc2s1. The highest BCUT2D eigenvalue weighted by molar-refractivity contribution is 7.21. The Morgan fingerprint density at radius 3 is 2.52 bits per heavy atom. The second-order valence-electron chi connectivity index (χ2n) is 7.71. The Morgan fingerprint density at radius 1 is 1.06 bits per heavy atom. The summed E-state index contributed by atoms with van der Waals surface area (Å²) in [5.41, 5.74) is 4.44. The molecule has 0 aliphatic heterocycles. The van der Waals surface area contributed by atoms with E-state index in [1.165, 1.54) is 18.4 Å². The molecule has 1 amide bonds. The molecular formula is C25H24N2O5S. The number of nitrogens with zero attached hydrogens (tertiary/aromatic N) is 1. The standard InChI is InChI=1S/C25H24N2O5S/c1-13-10-11-14(2)22(15(13)3)31-12-19(28)27-23-21(20(16(4)32-23)25(29)30-5)24-26-17-8-6-7-9-18(17)33-24/h6-11H,12H2,1-5H3,(H,27,28). The number of carbonyl (C=O) groups excluding carboxylic acids is 2. The quantitative estimate of drug-likeness (QED) is 0.374. The highest BCUT2D eigenvalue weighted by Gasteiger charge is 2.29. The minimum atomic E-state index is -0.562. The van der Waals surface area contributed by atoms with Crippen LogP contribution < -0.4 is 10.1 Å². The maximum absolute atomic E-state index is 12.8. The normalized spacial score (nSPS) is 10.9. The number of rotatable bonds is 6. The molecule has 2 heterocycles. The Bertz CT molecular complexity index is 1340. The van der Waals surface area contributed by atoms with Gasteiger partial charge in [0.05, 0.1) is 22.9 Å². The van der Waals surface area contributed by atoms with Gasteiger partial charge in [0.25, 0.3) is 5.91 Å². The van der Waals surface area contributed by atoms with E-state index in [-0.39, 0.29) is 18.1 Å². The van der Waals surface area contributed by atoms with Gasteiger partial charge < -0.3 is 13.9 Å². The van der Waals surface area contributed by atoms with E-state index in [0.717, 1.165) is 26.9 Å². The molecule has 7 nitrogen and oxygen atoms in total. The fraction of sp³-hybridized carbons (Fsp3) is 0.240. The minimum absolute atomic E-state index is 0.137. The maximum atomic E-state index is 12.8. The van der Waals surface area contributed by atoms with Crippen molar-refractivity contribution >= 4 is 39.3 Å². The monoisotopic (exact) mass is 464 g/mol. The van der Waals surface area contributed by atoms with Gasteiger partial charge in [-0.05, 0) is 56.5 Å². The van der Waals surface area contributed by atoms with E-state index >= 15 is 0 Å². The Kier molecular flexibility index (Phi) is 6.20. The van der Waals surface area contributed by atoms with Crippen LogP contribution in [0.2, 0.25) is 0 Å². The molecule has 2 aromatic heterocycles. The fourth-order valence-electron chi connectivity index (χ4n) is 3.61. The van der Waals surface area contributed by atoms with Crippen molar-refractivity contribution in [1.29, 1.82) is 0 Å². The van der Waals surface area contributed by atoms with Crippen LogP contribution in [0.3, 0.4) is 0 Å². The van der Waals surface area contributed by atoms with Gasteiger partial charge in [0.2, 0.25) is 5.88 Å². The van der Waals surface area contributed by atoms with Crippen LogP contribution in [0.1, 0.15) is 32.8 Å². The molecule has 2 aromatic carbocycles. The summed E-state index contributed by atoms with van der Waals surface area (Å²) < 4.78 is 17.5. The number of furan rings is 1. The van der Waals surface area contributed by atoms with Gasteiger partial charge in [0, 0.05) is 0 Å². The Labute approximate surface area is 195 Å². The van der Waals surface area contributed by atoms with Crippen molar-refractivity contribution in [2.45, 2.75) is 27.7 Å². The Hall–Kier alpha value is -3.65. The first-order valence-corrected chi connectivity index (χ1v) is 11.2. The van der Waals surface area contributed by atoms with Gasteiger partial charge in [0.15, 0.2) is 6.61 Å². The van der Waals surface area contributed by atoms with Gasteiger partial charge in [-0.3, -0.25) is 10.1 Å². The van der Waals surface area contributed by atoms with Crippen molar-refractivity contribution in [3.8, 4) is 16.3 Å². The number of carbonyl (C=O) groups is 2. The van der Waals surface area contributed by atoms with Crippen molar-refractivity contribution in [2.24, 2.45) is 0 Å². The van der Waals surface area contributed by atoms with Crippen LogP contribution >= 0.6 is 11.3 Å². The van der Waals surface area contributed by atoms with E-state index in [1.807, 2.05) is 57.2 Å². The lowest BCUT2D eigenvalue weighted by Gasteiger charge is -2.13. The van der Waals surface area contributed by atoms with Crippen molar-refractivity contribution < 1.29 is 23.5 Å². The molecule has 0 unspecified atom stereocenters. The number of ether oxygens (including phenoxy) is 2. The molecule has 0 atom stereocenters. The predicted molar refractivity (Wildman–Crippen MR) is 128 cm³/mol. The number of amides is 1. The molecule has 4 rings (SSSR count). The molecule has 0 saturated heterocycles. The minimum Gasteiger partial charge on any atom is -0.483 e. The molecule has 0 aliphatic rings. The molecule has 4 aromatic rings. The summed E-state index contributed by atoms with van der Waals surface area (Å²) in [5, 5.41) is 3.30. The van der Waals surface area contributed by atoms with Gasteiger partial charge in [-0.15, -0.1) is 11.3 Å². The molecule has 0 aliphatic carbocycles. The van der Waals surface area contributed by atoms with Gasteiger partial charge in [0.1, 0.15) is 22.1 Å². The van der Waals surface area contributed by atoms with Crippen molar-refractivity contribution in [1.82, 2.24) is 4.98 Å². The number of aryl methyl sites for hydroxylation is 3. The molecule has 8 heteroatoms. The Balaban J connectivity index is 1.66. The van der Waals surface area contributed by atoms with E-state index in [2.05, 4.69) is 10.3 Å². The number of hydrogen-bond donors (Lipinski definition) is 1. The lowest BCUT2D eigenvalue weighted by Crippen LogP contribution is -2.21. The van der Waals surface area contributed by atoms with Crippen LogP contribution in [0.4, 0.5) is 5.88 Å². The van der Waals surface area contributed by atoms with Crippen LogP contribution in [0.15, 0.2) is 40.8 Å². The molecule has 0 saturated carbocycles. The summed E-state index contributed by atoms with van der Waals surface area (Å²) in [6.45, 7) is 7.32.